The van der Waals surface area contributed by atoms with Crippen LogP contribution >= 0.6 is 0 Å². The summed E-state index contributed by atoms with van der Waals surface area (Å²) in [5.74, 6) is -0.184. The lowest BCUT2D eigenvalue weighted by atomic mass is 10.1. The van der Waals surface area contributed by atoms with E-state index >= 15 is 0 Å². The fourth-order valence-electron chi connectivity index (χ4n) is 5.53. The van der Waals surface area contributed by atoms with Crippen molar-refractivity contribution < 1.29 is 47.1 Å². The van der Waals surface area contributed by atoms with E-state index in [-0.39, 0.29) is 5.91 Å². The van der Waals surface area contributed by atoms with Gasteiger partial charge >= 0.3 is 0 Å². The smallest absolute Gasteiger partial charge is 0.251 e. The van der Waals surface area contributed by atoms with Crippen LogP contribution in [0.25, 0.3) is 0 Å². The van der Waals surface area contributed by atoms with E-state index in [9.17, 15) is 4.79 Å². The van der Waals surface area contributed by atoms with Crippen LogP contribution in [0.3, 0.4) is 0 Å². The van der Waals surface area contributed by atoms with Crippen molar-refractivity contribution in [1.29, 1.82) is 0 Å². The standard InChI is InChI=1S/C34H64N2O10Si/c1-28(2)47(29(3)4,30(5)6)46-27-31-8-9-32(35)26-33(31)34(37)36-10-11-39-14-15-41-18-19-43-22-23-45-25-24-44-21-20-42-17-16-40-13-12-38-7/h8-9,26,28-30H,10-25,27,35H2,1-7H3,(H,36,37). The van der Waals surface area contributed by atoms with Crippen LogP contribution < -0.4 is 11.1 Å². The van der Waals surface area contributed by atoms with Crippen LogP contribution in [0.15, 0.2) is 18.2 Å². The molecule has 0 aliphatic heterocycles. The Kier molecular flexibility index (Phi) is 25.1. The predicted octanol–water partition coefficient (Wildman–Crippen LogP) is 4.45. The van der Waals surface area contributed by atoms with Crippen LogP contribution in [0.4, 0.5) is 5.69 Å². The van der Waals surface area contributed by atoms with Gasteiger partial charge in [-0.15, -0.1) is 0 Å². The van der Waals surface area contributed by atoms with Gasteiger partial charge in [0.1, 0.15) is 0 Å². The third kappa shape index (κ3) is 18.6. The number of methoxy groups -OCH3 is 1. The molecule has 0 unspecified atom stereocenters. The summed E-state index contributed by atoms with van der Waals surface area (Å²) in [6.07, 6.45) is 0. The SMILES string of the molecule is COCCOCCOCCOCCOCCOCCOCCOCCNC(=O)c1cc(N)ccc1CO[Si](C(C)C)(C(C)C)C(C)C. The van der Waals surface area contributed by atoms with E-state index in [0.717, 1.165) is 5.56 Å². The Hall–Kier alpha value is -1.65. The number of nitrogens with two attached hydrogens (primary N) is 1. The first kappa shape index (κ1) is 43.4. The van der Waals surface area contributed by atoms with Gasteiger partial charge in [-0.1, -0.05) is 47.6 Å². The van der Waals surface area contributed by atoms with E-state index in [2.05, 4.69) is 46.9 Å². The van der Waals surface area contributed by atoms with E-state index < -0.39 is 8.32 Å². The molecule has 0 atom stereocenters. The van der Waals surface area contributed by atoms with Crippen LogP contribution in [0.5, 0.6) is 0 Å². The van der Waals surface area contributed by atoms with E-state index in [1.165, 1.54) is 0 Å². The number of carbonyl (C=O) groups excluding carboxylic acids is 1. The largest absolute Gasteiger partial charge is 0.412 e. The lowest BCUT2D eigenvalue weighted by molar-refractivity contribution is -0.0220. The van der Waals surface area contributed by atoms with Crippen molar-refractivity contribution in [3.63, 3.8) is 0 Å². The van der Waals surface area contributed by atoms with Crippen molar-refractivity contribution in [2.24, 2.45) is 0 Å². The molecule has 1 aromatic rings. The summed E-state index contributed by atoms with van der Waals surface area (Å²) in [4.78, 5) is 13.0. The first-order valence-corrected chi connectivity index (χ1v) is 19.1. The second-order valence-electron chi connectivity index (χ2n) is 12.1. The highest BCUT2D eigenvalue weighted by Crippen LogP contribution is 2.42. The van der Waals surface area contributed by atoms with Gasteiger partial charge in [0.15, 0.2) is 0 Å². The fraction of sp³-hybridized carbons (Fsp3) is 0.794. The molecule has 13 heteroatoms. The molecule has 0 bridgehead atoms. The van der Waals surface area contributed by atoms with Gasteiger partial charge in [-0.2, -0.15) is 0 Å². The van der Waals surface area contributed by atoms with Gasteiger partial charge in [-0.3, -0.25) is 4.79 Å². The number of benzene rings is 1. The number of hydrogen-bond donors (Lipinski definition) is 2. The number of carbonyl (C=O) groups is 1. The summed E-state index contributed by atoms with van der Waals surface area (Å²) in [6, 6.07) is 5.44. The maximum Gasteiger partial charge on any atom is 0.251 e. The number of ether oxygens (including phenoxy) is 8. The average Bonchev–Trinajstić information content (AvgIpc) is 3.03. The van der Waals surface area contributed by atoms with E-state index in [1.807, 2.05) is 12.1 Å². The quantitative estimate of drug-likeness (QED) is 0.0650. The molecule has 0 saturated carbocycles. The van der Waals surface area contributed by atoms with Gasteiger partial charge in [0.2, 0.25) is 8.32 Å². The van der Waals surface area contributed by atoms with Crippen molar-refractivity contribution in [2.45, 2.75) is 64.8 Å². The lowest BCUT2D eigenvalue weighted by Gasteiger charge is -2.42. The fourth-order valence-corrected chi connectivity index (χ4v) is 10.9. The Balaban J connectivity index is 2.08. The molecule has 0 spiro atoms. The molecule has 47 heavy (non-hydrogen) atoms. The minimum absolute atomic E-state index is 0.184. The molecule has 0 aliphatic carbocycles. The molecule has 1 aromatic carbocycles. The summed E-state index contributed by atoms with van der Waals surface area (Å²) in [7, 11) is -0.431. The van der Waals surface area contributed by atoms with Crippen molar-refractivity contribution in [3.05, 3.63) is 29.3 Å². The molecule has 0 aliphatic rings. The normalized spacial score (nSPS) is 12.1. The van der Waals surface area contributed by atoms with Gasteiger partial charge in [-0.25, -0.2) is 0 Å². The maximum atomic E-state index is 13.0. The second-order valence-corrected chi connectivity index (χ2v) is 17.5. The van der Waals surface area contributed by atoms with Crippen LogP contribution in [0, 0.1) is 0 Å². The Morgan fingerprint density at radius 1 is 0.638 bits per heavy atom. The van der Waals surface area contributed by atoms with Crippen LogP contribution in [0.2, 0.25) is 16.6 Å². The lowest BCUT2D eigenvalue weighted by Crippen LogP contribution is -2.47. The topological polar surface area (TPSA) is 138 Å². The van der Waals surface area contributed by atoms with Gasteiger partial charge in [0, 0.05) is 24.9 Å². The summed E-state index contributed by atoms with van der Waals surface area (Å²) in [5, 5.41) is 2.94. The molecule has 0 fully saturated rings. The zero-order valence-corrected chi connectivity index (χ0v) is 31.1. The van der Waals surface area contributed by atoms with Gasteiger partial charge in [-0.05, 0) is 34.3 Å². The molecular formula is C34H64N2O10Si. The summed E-state index contributed by atoms with van der Waals surface area (Å²) < 4.78 is 49.9. The van der Waals surface area contributed by atoms with Crippen LogP contribution in [0.1, 0.15) is 57.5 Å². The van der Waals surface area contributed by atoms with E-state index in [1.54, 1.807) is 13.2 Å². The Morgan fingerprint density at radius 3 is 1.40 bits per heavy atom. The van der Waals surface area contributed by atoms with Crippen molar-refractivity contribution >= 4 is 19.9 Å². The second kappa shape index (κ2) is 27.2. The highest BCUT2D eigenvalue weighted by Gasteiger charge is 2.45. The Bertz CT molecular complexity index is 901. The minimum Gasteiger partial charge on any atom is -0.412 e. The molecule has 1 amide bonds. The predicted molar refractivity (Wildman–Crippen MR) is 187 cm³/mol. The monoisotopic (exact) mass is 688 g/mol. The van der Waals surface area contributed by atoms with Crippen molar-refractivity contribution in [1.82, 2.24) is 5.32 Å². The van der Waals surface area contributed by atoms with E-state index in [0.29, 0.717) is 140 Å². The van der Waals surface area contributed by atoms with E-state index in [4.69, 9.17) is 48.1 Å². The highest BCUT2D eigenvalue weighted by atomic mass is 28.4. The molecule has 274 valence electrons. The number of hydrogen-bond acceptors (Lipinski definition) is 11. The maximum absolute atomic E-state index is 13.0. The number of anilines is 1. The molecule has 3 N–H and O–H groups in total. The van der Waals surface area contributed by atoms with Gasteiger partial charge < -0.3 is 53.4 Å². The highest BCUT2D eigenvalue weighted by molar-refractivity contribution is 6.77. The average molecular weight is 689 g/mol. The Labute approximate surface area is 284 Å². The molecule has 12 nitrogen and oxygen atoms in total. The molecular weight excluding hydrogens is 624 g/mol. The molecule has 0 radical (unpaired) electrons. The minimum atomic E-state index is -2.07. The van der Waals surface area contributed by atoms with Gasteiger partial charge in [0.25, 0.3) is 5.91 Å². The van der Waals surface area contributed by atoms with Crippen LogP contribution in [-0.2, 0) is 48.9 Å². The summed E-state index contributed by atoms with van der Waals surface area (Å²) in [6.45, 7) is 21.8. The number of rotatable bonds is 31. The Morgan fingerprint density at radius 2 is 1.02 bits per heavy atom. The first-order valence-electron chi connectivity index (χ1n) is 17.0. The number of nitrogens with one attached hydrogen (secondary N) is 1. The van der Waals surface area contributed by atoms with Crippen LogP contribution in [-0.4, -0.2) is 127 Å². The molecule has 1 rings (SSSR count). The number of amides is 1. The van der Waals surface area contributed by atoms with Gasteiger partial charge in [0.05, 0.1) is 106 Å². The van der Waals surface area contributed by atoms with Crippen molar-refractivity contribution in [2.75, 3.05) is 118 Å². The third-order valence-corrected chi connectivity index (χ3v) is 13.8. The third-order valence-electron chi connectivity index (χ3n) is 7.76. The zero-order chi connectivity index (χ0) is 34.8. The summed E-state index contributed by atoms with van der Waals surface area (Å²) in [5.41, 5.74) is 9.34. The molecule has 0 aromatic heterocycles. The first-order chi connectivity index (χ1) is 22.7. The zero-order valence-electron chi connectivity index (χ0n) is 30.1. The molecule has 0 saturated heterocycles. The van der Waals surface area contributed by atoms with Crippen molar-refractivity contribution in [3.8, 4) is 0 Å². The molecule has 0 heterocycles. The number of nitrogen functional groups attached to an aromatic ring is 1. The summed E-state index contributed by atoms with van der Waals surface area (Å²) >= 11 is 0.